The van der Waals surface area contributed by atoms with Crippen molar-refractivity contribution in [3.05, 3.63) is 45.9 Å². The zero-order valence-electron chi connectivity index (χ0n) is 11.9. The van der Waals surface area contributed by atoms with Crippen LogP contribution in [0.3, 0.4) is 0 Å². The number of halogens is 1. The third-order valence-electron chi connectivity index (χ3n) is 3.83. The van der Waals surface area contributed by atoms with Gasteiger partial charge in [0.15, 0.2) is 5.13 Å². The Hall–Kier alpha value is -1.11. The zero-order chi connectivity index (χ0) is 15.5. The fourth-order valence-electron chi connectivity index (χ4n) is 2.74. The highest BCUT2D eigenvalue weighted by Gasteiger charge is 2.31. The number of amides is 1. The summed E-state index contributed by atoms with van der Waals surface area (Å²) in [5.41, 5.74) is 0.780. The van der Waals surface area contributed by atoms with E-state index in [-0.39, 0.29) is 11.9 Å². The molecule has 0 unspecified atom stereocenters. The second-order valence-electron chi connectivity index (χ2n) is 5.26. The fourth-order valence-corrected chi connectivity index (χ4v) is 3.95. The summed E-state index contributed by atoms with van der Waals surface area (Å²) in [6.45, 7) is 0. The third-order valence-corrected chi connectivity index (χ3v) is 5.54. The molecule has 0 radical (unpaired) electrons. The number of hydrogen-bond donors (Lipinski definition) is 0. The number of aromatic nitrogens is 1. The SMILES string of the molecule is O=C(C(=S)c1ccc(Br)cc1)N(c1nccs1)C1CCCC1. The number of carbonyl (C=O) groups excluding carboxylic acids is 1. The Morgan fingerprint density at radius 2 is 1.95 bits per heavy atom. The van der Waals surface area contributed by atoms with Gasteiger partial charge in [-0.05, 0) is 30.5 Å². The van der Waals surface area contributed by atoms with Crippen LogP contribution in [0.15, 0.2) is 40.3 Å². The summed E-state index contributed by atoms with van der Waals surface area (Å²) in [6.07, 6.45) is 6.09. The van der Waals surface area contributed by atoms with E-state index in [9.17, 15) is 4.79 Å². The van der Waals surface area contributed by atoms with Crippen molar-refractivity contribution in [3.8, 4) is 0 Å². The van der Waals surface area contributed by atoms with E-state index in [1.54, 1.807) is 6.20 Å². The summed E-state index contributed by atoms with van der Waals surface area (Å²) < 4.78 is 0.971. The van der Waals surface area contributed by atoms with Gasteiger partial charge in [-0.3, -0.25) is 9.69 Å². The summed E-state index contributed by atoms with van der Waals surface area (Å²) in [4.78, 5) is 19.4. The van der Waals surface area contributed by atoms with Gasteiger partial charge in [-0.2, -0.15) is 0 Å². The smallest absolute Gasteiger partial charge is 0.271 e. The third kappa shape index (κ3) is 3.29. The van der Waals surface area contributed by atoms with Gasteiger partial charge in [0.2, 0.25) is 0 Å². The minimum Gasteiger partial charge on any atom is -0.280 e. The minimum atomic E-state index is -0.112. The molecule has 1 aliphatic rings. The van der Waals surface area contributed by atoms with Gasteiger partial charge < -0.3 is 0 Å². The van der Waals surface area contributed by atoms with E-state index in [1.165, 1.54) is 11.3 Å². The lowest BCUT2D eigenvalue weighted by molar-refractivity contribution is -0.112. The summed E-state index contributed by atoms with van der Waals surface area (Å²) in [7, 11) is 0. The van der Waals surface area contributed by atoms with Crippen molar-refractivity contribution < 1.29 is 4.79 Å². The molecule has 1 aromatic carbocycles. The predicted octanol–water partition coefficient (Wildman–Crippen LogP) is 4.60. The number of benzene rings is 1. The largest absolute Gasteiger partial charge is 0.280 e. The van der Waals surface area contributed by atoms with Gasteiger partial charge in [0.1, 0.15) is 4.86 Å². The number of thiazole rings is 1. The fraction of sp³-hybridized carbons (Fsp3) is 0.312. The molecule has 0 saturated heterocycles. The van der Waals surface area contributed by atoms with Crippen LogP contribution >= 0.6 is 39.5 Å². The van der Waals surface area contributed by atoms with Crippen LogP contribution in [0.2, 0.25) is 0 Å². The molecule has 3 rings (SSSR count). The second kappa shape index (κ2) is 6.98. The van der Waals surface area contributed by atoms with E-state index in [0.717, 1.165) is 40.9 Å². The number of thiocarbonyl (C=S) groups is 1. The van der Waals surface area contributed by atoms with Crippen molar-refractivity contribution in [2.24, 2.45) is 0 Å². The molecule has 0 atom stereocenters. The quantitative estimate of drug-likeness (QED) is 0.561. The second-order valence-corrected chi connectivity index (χ2v) is 7.46. The highest BCUT2D eigenvalue weighted by atomic mass is 79.9. The summed E-state index contributed by atoms with van der Waals surface area (Å²) in [5, 5.41) is 2.64. The topological polar surface area (TPSA) is 33.2 Å². The normalized spacial score (nSPS) is 15.0. The molecule has 0 spiro atoms. The molecule has 1 aliphatic carbocycles. The van der Waals surface area contributed by atoms with E-state index in [0.29, 0.717) is 4.86 Å². The molecular formula is C16H15BrN2OS2. The van der Waals surface area contributed by atoms with E-state index in [1.807, 2.05) is 34.5 Å². The summed E-state index contributed by atoms with van der Waals surface area (Å²) >= 11 is 10.3. The number of nitrogens with zero attached hydrogens (tertiary/aromatic N) is 2. The van der Waals surface area contributed by atoms with Crippen LogP contribution in [0.4, 0.5) is 5.13 Å². The first-order valence-electron chi connectivity index (χ1n) is 7.20. The number of carbonyl (C=O) groups is 1. The average molecular weight is 395 g/mol. The van der Waals surface area contributed by atoms with Crippen molar-refractivity contribution in [2.45, 2.75) is 31.7 Å². The molecule has 2 aromatic rings. The van der Waals surface area contributed by atoms with E-state index >= 15 is 0 Å². The lowest BCUT2D eigenvalue weighted by Gasteiger charge is -2.26. The van der Waals surface area contributed by atoms with Crippen molar-refractivity contribution in [1.29, 1.82) is 0 Å². The molecule has 0 N–H and O–H groups in total. The maximum Gasteiger partial charge on any atom is 0.271 e. The molecular weight excluding hydrogens is 380 g/mol. The highest BCUT2D eigenvalue weighted by molar-refractivity contribution is 9.10. The van der Waals surface area contributed by atoms with Gasteiger partial charge in [0.25, 0.3) is 5.91 Å². The predicted molar refractivity (Wildman–Crippen MR) is 97.7 cm³/mol. The van der Waals surface area contributed by atoms with Crippen molar-refractivity contribution in [2.75, 3.05) is 4.90 Å². The molecule has 3 nitrogen and oxygen atoms in total. The van der Waals surface area contributed by atoms with Gasteiger partial charge in [0, 0.05) is 22.1 Å². The Balaban J connectivity index is 1.88. The van der Waals surface area contributed by atoms with Crippen LogP contribution in [0.1, 0.15) is 31.2 Å². The molecule has 114 valence electrons. The van der Waals surface area contributed by atoms with Gasteiger partial charge in [0.05, 0.1) is 0 Å². The van der Waals surface area contributed by atoms with Crippen molar-refractivity contribution in [1.82, 2.24) is 4.98 Å². The van der Waals surface area contributed by atoms with Crippen LogP contribution in [-0.2, 0) is 4.79 Å². The van der Waals surface area contributed by atoms with Crippen LogP contribution in [0.5, 0.6) is 0 Å². The standard InChI is InChI=1S/C16H15BrN2OS2/c17-12-7-5-11(6-8-12)14(21)15(20)19(13-3-1-2-4-13)16-18-9-10-22-16/h5-10,13H,1-4H2. The minimum absolute atomic E-state index is 0.112. The van der Waals surface area contributed by atoms with E-state index in [2.05, 4.69) is 20.9 Å². The summed E-state index contributed by atoms with van der Waals surface area (Å²) in [6, 6.07) is 7.76. The molecule has 0 bridgehead atoms. The van der Waals surface area contributed by atoms with Crippen LogP contribution in [-0.4, -0.2) is 21.8 Å². The first-order valence-corrected chi connectivity index (χ1v) is 9.28. The molecule has 1 heterocycles. The Morgan fingerprint density at radius 3 is 2.55 bits per heavy atom. The first-order chi connectivity index (χ1) is 10.7. The maximum absolute atomic E-state index is 13.0. The highest BCUT2D eigenvalue weighted by Crippen LogP contribution is 2.30. The van der Waals surface area contributed by atoms with E-state index in [4.69, 9.17) is 12.2 Å². The number of rotatable bonds is 4. The Morgan fingerprint density at radius 1 is 1.27 bits per heavy atom. The zero-order valence-corrected chi connectivity index (χ0v) is 15.1. The van der Waals surface area contributed by atoms with E-state index < -0.39 is 0 Å². The number of hydrogen-bond acceptors (Lipinski definition) is 4. The van der Waals surface area contributed by atoms with Gasteiger partial charge >= 0.3 is 0 Å². The van der Waals surface area contributed by atoms with Crippen LogP contribution in [0, 0.1) is 0 Å². The van der Waals surface area contributed by atoms with Crippen molar-refractivity contribution >= 4 is 55.4 Å². The molecule has 0 aliphatic heterocycles. The lowest BCUT2D eigenvalue weighted by Crippen LogP contribution is -2.42. The first kappa shape index (κ1) is 15.8. The molecule has 1 aromatic heterocycles. The Bertz CT molecular complexity index is 664. The van der Waals surface area contributed by atoms with Crippen LogP contribution < -0.4 is 4.90 Å². The van der Waals surface area contributed by atoms with Gasteiger partial charge in [-0.25, -0.2) is 4.98 Å². The van der Waals surface area contributed by atoms with Gasteiger partial charge in [-0.15, -0.1) is 11.3 Å². The molecule has 22 heavy (non-hydrogen) atoms. The lowest BCUT2D eigenvalue weighted by atomic mass is 10.1. The molecule has 1 amide bonds. The Kier molecular flexibility index (Phi) is 5.00. The molecule has 1 saturated carbocycles. The molecule has 6 heteroatoms. The van der Waals surface area contributed by atoms with Crippen molar-refractivity contribution in [3.63, 3.8) is 0 Å². The summed E-state index contributed by atoms with van der Waals surface area (Å²) in [5.74, 6) is -0.112. The maximum atomic E-state index is 13.0. The van der Waals surface area contributed by atoms with Crippen LogP contribution in [0.25, 0.3) is 0 Å². The molecule has 1 fully saturated rings. The monoisotopic (exact) mass is 394 g/mol. The average Bonchev–Trinajstić information content (AvgIpc) is 3.21. The number of anilines is 1. The van der Waals surface area contributed by atoms with Gasteiger partial charge in [-0.1, -0.05) is 53.1 Å². The Labute approximate surface area is 147 Å².